The predicted molar refractivity (Wildman–Crippen MR) is 111 cm³/mol. The highest BCUT2D eigenvalue weighted by atomic mass is 16.6. The van der Waals surface area contributed by atoms with Crippen LogP contribution >= 0.6 is 0 Å². The number of carbonyl (C=O) groups is 1. The summed E-state index contributed by atoms with van der Waals surface area (Å²) in [5.41, 5.74) is 3.31. The number of benzene rings is 2. The maximum Gasteiger partial charge on any atom is 0.222 e. The summed E-state index contributed by atoms with van der Waals surface area (Å²) in [6.07, 6.45) is 0.0765. The van der Waals surface area contributed by atoms with Gasteiger partial charge in [-0.2, -0.15) is 0 Å². The lowest BCUT2D eigenvalue weighted by molar-refractivity contribution is -0.142. The highest BCUT2D eigenvalue weighted by Crippen LogP contribution is 2.47. The second-order valence-corrected chi connectivity index (χ2v) is 7.99. The van der Waals surface area contributed by atoms with E-state index in [1.165, 1.54) is 0 Å². The van der Waals surface area contributed by atoms with Crippen molar-refractivity contribution in [3.63, 3.8) is 0 Å². The average molecular weight is 396 g/mol. The van der Waals surface area contributed by atoms with E-state index in [2.05, 4.69) is 16.3 Å². The number of anilines is 1. The lowest BCUT2D eigenvalue weighted by Gasteiger charge is -2.37. The molecule has 2 aliphatic heterocycles. The van der Waals surface area contributed by atoms with Crippen molar-refractivity contribution in [1.82, 2.24) is 5.32 Å². The van der Waals surface area contributed by atoms with Crippen molar-refractivity contribution in [1.29, 1.82) is 0 Å². The van der Waals surface area contributed by atoms with Crippen molar-refractivity contribution in [2.24, 2.45) is 0 Å². The standard InChI is InChI=1S/C23H28N2O4/c1-25(2)16-8-9-20-18(10-16)19-11-17(28-21(14-26)23(19)29-20)12-22(27)24-13-15-6-4-3-5-7-15/h3-10,17,19,21,23,26H,11-14H2,1-2H3,(H,24,27)/t17-,19+,21+,23-/m1/s1. The van der Waals surface area contributed by atoms with Gasteiger partial charge in [-0.1, -0.05) is 30.3 Å². The van der Waals surface area contributed by atoms with Crippen LogP contribution in [0.25, 0.3) is 0 Å². The summed E-state index contributed by atoms with van der Waals surface area (Å²) < 4.78 is 12.1. The van der Waals surface area contributed by atoms with Gasteiger partial charge in [0.1, 0.15) is 18.0 Å². The van der Waals surface area contributed by atoms with Gasteiger partial charge < -0.3 is 24.8 Å². The third-order valence-corrected chi connectivity index (χ3v) is 5.74. The number of aliphatic hydroxyl groups is 1. The highest BCUT2D eigenvalue weighted by Gasteiger charge is 2.46. The fourth-order valence-electron chi connectivity index (χ4n) is 4.23. The summed E-state index contributed by atoms with van der Waals surface area (Å²) in [5, 5.41) is 12.8. The van der Waals surface area contributed by atoms with E-state index in [1.807, 2.05) is 56.6 Å². The molecule has 2 heterocycles. The van der Waals surface area contributed by atoms with Crippen LogP contribution in [-0.2, 0) is 16.1 Å². The molecule has 1 saturated heterocycles. The molecule has 0 aliphatic carbocycles. The molecule has 0 aromatic heterocycles. The lowest BCUT2D eigenvalue weighted by atomic mass is 9.84. The van der Waals surface area contributed by atoms with Crippen LogP contribution in [0.15, 0.2) is 48.5 Å². The molecule has 0 saturated carbocycles. The van der Waals surface area contributed by atoms with Crippen LogP contribution in [0.5, 0.6) is 5.75 Å². The third-order valence-electron chi connectivity index (χ3n) is 5.74. The quantitative estimate of drug-likeness (QED) is 0.785. The second-order valence-electron chi connectivity index (χ2n) is 7.99. The van der Waals surface area contributed by atoms with E-state index < -0.39 is 6.10 Å². The minimum Gasteiger partial charge on any atom is -0.487 e. The summed E-state index contributed by atoms with van der Waals surface area (Å²) in [5.74, 6) is 0.916. The van der Waals surface area contributed by atoms with Gasteiger partial charge in [-0.25, -0.2) is 0 Å². The van der Waals surface area contributed by atoms with E-state index in [9.17, 15) is 9.90 Å². The van der Waals surface area contributed by atoms with Crippen LogP contribution in [0.2, 0.25) is 0 Å². The van der Waals surface area contributed by atoms with Gasteiger partial charge in [0, 0.05) is 37.8 Å². The fraction of sp³-hybridized carbons (Fsp3) is 0.435. The molecule has 1 fully saturated rings. The average Bonchev–Trinajstić information content (AvgIpc) is 3.10. The molecule has 0 unspecified atom stereocenters. The Bertz CT molecular complexity index is 855. The van der Waals surface area contributed by atoms with E-state index in [0.717, 1.165) is 22.6 Å². The first-order chi connectivity index (χ1) is 14.0. The molecule has 29 heavy (non-hydrogen) atoms. The number of carbonyl (C=O) groups excluding carboxylic acids is 1. The Kier molecular flexibility index (Phi) is 5.74. The van der Waals surface area contributed by atoms with Crippen molar-refractivity contribution in [3.8, 4) is 5.75 Å². The Balaban J connectivity index is 1.44. The lowest BCUT2D eigenvalue weighted by Crippen LogP contribution is -2.47. The summed E-state index contributed by atoms with van der Waals surface area (Å²) in [4.78, 5) is 14.5. The number of hydrogen-bond acceptors (Lipinski definition) is 5. The minimum atomic E-state index is -0.434. The maximum absolute atomic E-state index is 12.5. The van der Waals surface area contributed by atoms with Gasteiger partial charge in [-0.05, 0) is 30.2 Å². The summed E-state index contributed by atoms with van der Waals surface area (Å²) in [6.45, 7) is 0.373. The Labute approximate surface area is 171 Å². The van der Waals surface area contributed by atoms with E-state index >= 15 is 0 Å². The third kappa shape index (κ3) is 4.23. The molecule has 0 bridgehead atoms. The van der Waals surface area contributed by atoms with Crippen molar-refractivity contribution < 1.29 is 19.4 Å². The van der Waals surface area contributed by atoms with Gasteiger partial charge in [0.05, 0.1) is 19.1 Å². The molecule has 6 nitrogen and oxygen atoms in total. The Morgan fingerprint density at radius 1 is 1.21 bits per heavy atom. The Morgan fingerprint density at radius 2 is 2.00 bits per heavy atom. The van der Waals surface area contributed by atoms with E-state index in [4.69, 9.17) is 9.47 Å². The van der Waals surface area contributed by atoms with Crippen molar-refractivity contribution in [3.05, 3.63) is 59.7 Å². The van der Waals surface area contributed by atoms with Gasteiger partial charge in [0.15, 0.2) is 0 Å². The molecule has 6 heteroatoms. The SMILES string of the molecule is CN(C)c1ccc2c(c1)[C@@H]1C[C@H](CC(=O)NCc3ccccc3)O[C@@H](CO)[C@@H]1O2. The topological polar surface area (TPSA) is 71.0 Å². The molecule has 154 valence electrons. The molecule has 4 atom stereocenters. The minimum absolute atomic E-state index is 0.0461. The van der Waals surface area contributed by atoms with Crippen LogP contribution in [0.3, 0.4) is 0 Å². The number of nitrogens with zero attached hydrogens (tertiary/aromatic N) is 1. The molecular formula is C23H28N2O4. The number of amides is 1. The van der Waals surface area contributed by atoms with Gasteiger partial charge in [0.25, 0.3) is 0 Å². The summed E-state index contributed by atoms with van der Waals surface area (Å²) in [7, 11) is 4.02. The number of aliphatic hydroxyl groups excluding tert-OH is 1. The molecule has 2 aromatic rings. The summed E-state index contributed by atoms with van der Waals surface area (Å²) in [6, 6.07) is 16.0. The largest absolute Gasteiger partial charge is 0.487 e. The fourth-order valence-corrected chi connectivity index (χ4v) is 4.23. The Hall–Kier alpha value is -2.57. The van der Waals surface area contributed by atoms with Crippen LogP contribution in [-0.4, -0.2) is 50.0 Å². The zero-order valence-corrected chi connectivity index (χ0v) is 16.9. The van der Waals surface area contributed by atoms with Crippen LogP contribution < -0.4 is 15.0 Å². The molecule has 0 spiro atoms. The smallest absolute Gasteiger partial charge is 0.222 e. The molecule has 2 aromatic carbocycles. The van der Waals surface area contributed by atoms with Crippen molar-refractivity contribution in [2.75, 3.05) is 25.6 Å². The van der Waals surface area contributed by atoms with E-state index in [1.54, 1.807) is 0 Å². The molecule has 1 amide bonds. The summed E-state index contributed by atoms with van der Waals surface area (Å²) >= 11 is 0. The van der Waals surface area contributed by atoms with Crippen LogP contribution in [0.1, 0.15) is 29.9 Å². The van der Waals surface area contributed by atoms with Gasteiger partial charge >= 0.3 is 0 Å². The maximum atomic E-state index is 12.5. The molecule has 2 N–H and O–H groups in total. The zero-order valence-electron chi connectivity index (χ0n) is 16.9. The first-order valence-electron chi connectivity index (χ1n) is 10.1. The van der Waals surface area contributed by atoms with Gasteiger partial charge in [-0.3, -0.25) is 4.79 Å². The molecule has 4 rings (SSSR count). The van der Waals surface area contributed by atoms with Gasteiger partial charge in [-0.15, -0.1) is 0 Å². The normalized spacial score (nSPS) is 24.9. The molecule has 0 radical (unpaired) electrons. The van der Waals surface area contributed by atoms with E-state index in [0.29, 0.717) is 13.0 Å². The van der Waals surface area contributed by atoms with Crippen LogP contribution in [0.4, 0.5) is 5.69 Å². The van der Waals surface area contributed by atoms with Crippen molar-refractivity contribution in [2.45, 2.75) is 43.6 Å². The zero-order chi connectivity index (χ0) is 20.4. The number of nitrogens with one attached hydrogen (secondary N) is 1. The van der Waals surface area contributed by atoms with Gasteiger partial charge in [0.2, 0.25) is 5.91 Å². The number of ether oxygens (including phenoxy) is 2. The van der Waals surface area contributed by atoms with E-state index in [-0.39, 0.29) is 37.1 Å². The Morgan fingerprint density at radius 3 is 2.72 bits per heavy atom. The highest BCUT2D eigenvalue weighted by molar-refractivity contribution is 5.76. The second kappa shape index (κ2) is 8.43. The predicted octanol–water partition coefficient (Wildman–Crippen LogP) is 2.45. The molecule has 2 aliphatic rings. The van der Waals surface area contributed by atoms with Crippen LogP contribution in [0, 0.1) is 0 Å². The molecular weight excluding hydrogens is 368 g/mol. The first kappa shape index (κ1) is 19.7. The number of hydrogen-bond donors (Lipinski definition) is 2. The number of fused-ring (bicyclic) bond motifs is 3. The van der Waals surface area contributed by atoms with Crippen molar-refractivity contribution >= 4 is 11.6 Å². The first-order valence-corrected chi connectivity index (χ1v) is 10.1. The number of rotatable bonds is 6. The monoisotopic (exact) mass is 396 g/mol.